The molecule has 0 saturated carbocycles. The smallest absolute Gasteiger partial charge is 0.264 e. The Morgan fingerprint density at radius 2 is 1.32 bits per heavy atom. The lowest BCUT2D eigenvalue weighted by molar-refractivity contribution is -0.139. The van der Waals surface area contributed by atoms with Crippen LogP contribution in [0.1, 0.15) is 11.1 Å². The molecule has 5 aromatic carbocycles. The summed E-state index contributed by atoms with van der Waals surface area (Å²) in [6.07, 6.45) is 0.212. The van der Waals surface area contributed by atoms with E-state index >= 15 is 0 Å². The normalized spacial score (nSPS) is 11.7. The molecule has 2 amide bonds. The van der Waals surface area contributed by atoms with Crippen LogP contribution in [0, 0.1) is 0 Å². The van der Waals surface area contributed by atoms with Crippen molar-refractivity contribution in [3.8, 4) is 11.5 Å². The number of para-hydroxylation sites is 1. The van der Waals surface area contributed by atoms with Crippen molar-refractivity contribution in [3.63, 3.8) is 0 Å². The third-order valence-electron chi connectivity index (χ3n) is 7.47. The van der Waals surface area contributed by atoms with Crippen LogP contribution in [0.5, 0.6) is 11.5 Å². The minimum Gasteiger partial charge on any atom is -0.457 e. The van der Waals surface area contributed by atoms with Gasteiger partial charge in [0.05, 0.1) is 10.6 Å². The van der Waals surface area contributed by atoms with Gasteiger partial charge in [-0.2, -0.15) is 0 Å². The summed E-state index contributed by atoms with van der Waals surface area (Å²) in [4.78, 5) is 29.3. The first-order chi connectivity index (χ1) is 22.7. The number of sulfonamides is 1. The van der Waals surface area contributed by atoms with Gasteiger partial charge in [0, 0.05) is 25.0 Å². The number of benzene rings is 5. The SMILES string of the molecule is CNC(=O)[C@@H](Cc1ccccc1)N(Cc1cccc(Cl)c1)C(=O)CN(c1ccc(Oc2ccccc2)cc1)S(=O)(=O)c1ccccc1. The van der Waals surface area contributed by atoms with E-state index < -0.39 is 28.5 Å². The molecule has 0 bridgehead atoms. The van der Waals surface area contributed by atoms with E-state index in [9.17, 15) is 18.0 Å². The number of nitrogens with one attached hydrogen (secondary N) is 1. The minimum absolute atomic E-state index is 0.0194. The van der Waals surface area contributed by atoms with Crippen molar-refractivity contribution in [1.29, 1.82) is 0 Å². The zero-order valence-electron chi connectivity index (χ0n) is 25.7. The Bertz CT molecular complexity index is 1890. The van der Waals surface area contributed by atoms with Crippen molar-refractivity contribution in [3.05, 3.63) is 156 Å². The van der Waals surface area contributed by atoms with Crippen molar-refractivity contribution in [2.45, 2.75) is 23.9 Å². The molecule has 0 unspecified atom stereocenters. The Kier molecular flexibility index (Phi) is 10.9. The Morgan fingerprint density at radius 3 is 1.94 bits per heavy atom. The summed E-state index contributed by atoms with van der Waals surface area (Å²) >= 11 is 6.28. The number of halogens is 1. The maximum Gasteiger partial charge on any atom is 0.264 e. The molecule has 0 fully saturated rings. The molecule has 0 aliphatic heterocycles. The van der Waals surface area contributed by atoms with Crippen LogP contribution in [0.3, 0.4) is 0 Å². The van der Waals surface area contributed by atoms with Gasteiger partial charge < -0.3 is 15.0 Å². The van der Waals surface area contributed by atoms with Crippen LogP contribution >= 0.6 is 11.6 Å². The molecule has 5 aromatic rings. The van der Waals surface area contributed by atoms with Gasteiger partial charge in [0.15, 0.2) is 0 Å². The number of rotatable bonds is 13. The van der Waals surface area contributed by atoms with E-state index in [0.29, 0.717) is 22.1 Å². The lowest BCUT2D eigenvalue weighted by Gasteiger charge is -2.33. The summed E-state index contributed by atoms with van der Waals surface area (Å²) in [5, 5.41) is 3.15. The van der Waals surface area contributed by atoms with Gasteiger partial charge in [-0.05, 0) is 71.8 Å². The van der Waals surface area contributed by atoms with Crippen molar-refractivity contribution in [2.75, 3.05) is 17.9 Å². The number of carbonyl (C=O) groups excluding carboxylic acids is 2. The van der Waals surface area contributed by atoms with Crippen LogP contribution < -0.4 is 14.4 Å². The summed E-state index contributed by atoms with van der Waals surface area (Å²) in [5.74, 6) is 0.163. The summed E-state index contributed by atoms with van der Waals surface area (Å²) in [6, 6.07) is 39.0. The van der Waals surface area contributed by atoms with Crippen LogP contribution in [0.4, 0.5) is 5.69 Å². The maximum atomic E-state index is 14.4. The van der Waals surface area contributed by atoms with Gasteiger partial charge >= 0.3 is 0 Å². The maximum absolute atomic E-state index is 14.4. The Hall–Kier alpha value is -5.12. The second-order valence-electron chi connectivity index (χ2n) is 10.7. The molecule has 0 aliphatic carbocycles. The molecule has 8 nitrogen and oxygen atoms in total. The molecule has 1 N–H and O–H groups in total. The molecular weight excluding hydrogens is 634 g/mol. The molecule has 47 heavy (non-hydrogen) atoms. The summed E-state index contributed by atoms with van der Waals surface area (Å²) in [6.45, 7) is -0.549. The Labute approximate surface area is 280 Å². The number of carbonyl (C=O) groups is 2. The van der Waals surface area contributed by atoms with E-state index in [4.69, 9.17) is 16.3 Å². The van der Waals surface area contributed by atoms with Crippen LogP contribution in [0.25, 0.3) is 0 Å². The summed E-state index contributed by atoms with van der Waals surface area (Å²) in [7, 11) is -2.71. The number of hydrogen-bond donors (Lipinski definition) is 1. The van der Waals surface area contributed by atoms with Gasteiger partial charge in [0.2, 0.25) is 11.8 Å². The number of nitrogens with zero attached hydrogens (tertiary/aromatic N) is 2. The van der Waals surface area contributed by atoms with Crippen molar-refractivity contribution in [2.24, 2.45) is 0 Å². The van der Waals surface area contributed by atoms with Crippen LogP contribution in [0.2, 0.25) is 5.02 Å². The molecule has 10 heteroatoms. The monoisotopic (exact) mass is 667 g/mol. The fourth-order valence-corrected chi connectivity index (χ4v) is 6.75. The topological polar surface area (TPSA) is 96.0 Å². The molecule has 5 rings (SSSR count). The fraction of sp³-hybridized carbons (Fsp3) is 0.135. The molecular formula is C37H34ClN3O5S. The van der Waals surface area contributed by atoms with E-state index in [1.807, 2.05) is 60.7 Å². The van der Waals surface area contributed by atoms with Crippen LogP contribution in [0.15, 0.2) is 144 Å². The average Bonchev–Trinajstić information content (AvgIpc) is 3.10. The van der Waals surface area contributed by atoms with Crippen LogP contribution in [-0.4, -0.2) is 44.8 Å². The lowest BCUT2D eigenvalue weighted by Crippen LogP contribution is -2.53. The second-order valence-corrected chi connectivity index (χ2v) is 13.0. The predicted octanol–water partition coefficient (Wildman–Crippen LogP) is 6.71. The van der Waals surface area contributed by atoms with Crippen molar-refractivity contribution >= 4 is 39.1 Å². The molecule has 240 valence electrons. The average molecular weight is 668 g/mol. The number of likely N-dealkylation sites (N-methyl/N-ethyl adjacent to an activating group) is 1. The highest BCUT2D eigenvalue weighted by atomic mass is 35.5. The molecule has 0 heterocycles. The van der Waals surface area contributed by atoms with Gasteiger partial charge in [-0.15, -0.1) is 0 Å². The molecule has 1 atom stereocenters. The summed E-state index contributed by atoms with van der Waals surface area (Å²) in [5.41, 5.74) is 1.78. The highest BCUT2D eigenvalue weighted by Crippen LogP contribution is 2.29. The van der Waals surface area contributed by atoms with Crippen molar-refractivity contribution < 1.29 is 22.7 Å². The summed E-state index contributed by atoms with van der Waals surface area (Å²) < 4.78 is 35.3. The first kappa shape index (κ1) is 33.2. The molecule has 0 spiro atoms. The van der Waals surface area contributed by atoms with Crippen LogP contribution in [-0.2, 0) is 32.6 Å². The second kappa shape index (κ2) is 15.4. The van der Waals surface area contributed by atoms with Gasteiger partial charge in [-0.25, -0.2) is 8.42 Å². The van der Waals surface area contributed by atoms with E-state index in [1.165, 1.54) is 24.1 Å². The molecule has 0 aromatic heterocycles. The molecule has 0 saturated heterocycles. The Morgan fingerprint density at radius 1 is 0.745 bits per heavy atom. The fourth-order valence-electron chi connectivity index (χ4n) is 5.11. The van der Waals surface area contributed by atoms with Gasteiger partial charge in [-0.3, -0.25) is 13.9 Å². The number of hydrogen-bond acceptors (Lipinski definition) is 5. The largest absolute Gasteiger partial charge is 0.457 e. The quantitative estimate of drug-likeness (QED) is 0.151. The van der Waals surface area contributed by atoms with Gasteiger partial charge in [0.1, 0.15) is 24.1 Å². The lowest BCUT2D eigenvalue weighted by atomic mass is 10.0. The third-order valence-corrected chi connectivity index (χ3v) is 9.50. The minimum atomic E-state index is -4.22. The zero-order chi connectivity index (χ0) is 33.2. The zero-order valence-corrected chi connectivity index (χ0v) is 27.3. The van der Waals surface area contributed by atoms with Gasteiger partial charge in [0.25, 0.3) is 10.0 Å². The predicted molar refractivity (Wildman–Crippen MR) is 184 cm³/mol. The number of amides is 2. The third kappa shape index (κ3) is 8.58. The number of anilines is 1. The van der Waals surface area contributed by atoms with E-state index in [1.54, 1.807) is 66.7 Å². The highest BCUT2D eigenvalue weighted by Gasteiger charge is 2.34. The molecule has 0 aliphatic rings. The Balaban J connectivity index is 1.53. The van der Waals surface area contributed by atoms with E-state index in [0.717, 1.165) is 9.87 Å². The number of ether oxygens (including phenoxy) is 1. The first-order valence-electron chi connectivity index (χ1n) is 14.9. The van der Waals surface area contributed by atoms with Crippen molar-refractivity contribution in [1.82, 2.24) is 10.2 Å². The van der Waals surface area contributed by atoms with E-state index in [-0.39, 0.29) is 29.5 Å². The highest BCUT2D eigenvalue weighted by molar-refractivity contribution is 7.92. The first-order valence-corrected chi connectivity index (χ1v) is 16.8. The standard InChI is InChI=1S/C37H34ClN3O5S/c1-39-37(43)35(25-28-12-5-2-6-13-28)40(26-29-14-11-15-30(38)24-29)36(42)27-41(47(44,45)34-18-9-4-10-19-34)31-20-22-33(23-21-31)46-32-16-7-3-8-17-32/h2-24,35H,25-27H2,1H3,(H,39,43)/t35-/m1/s1. The van der Waals surface area contributed by atoms with Gasteiger partial charge in [-0.1, -0.05) is 90.5 Å². The molecule has 0 radical (unpaired) electrons. The van der Waals surface area contributed by atoms with E-state index in [2.05, 4.69) is 5.32 Å².